The molecule has 1 aromatic heterocycles. The van der Waals surface area contributed by atoms with Crippen LogP contribution < -0.4 is 16.8 Å². The number of nitrogen functional groups attached to an aromatic ring is 1. The van der Waals surface area contributed by atoms with E-state index >= 15 is 0 Å². The first-order chi connectivity index (χ1) is 5.96. The molecule has 1 rings (SSSR count). The second-order valence-corrected chi connectivity index (χ2v) is 3.77. The highest BCUT2D eigenvalue weighted by Gasteiger charge is 2.15. The van der Waals surface area contributed by atoms with E-state index in [0.29, 0.717) is 0 Å². The summed E-state index contributed by atoms with van der Waals surface area (Å²) < 4.78 is 1.58. The molecule has 0 bridgehead atoms. The molecule has 0 spiro atoms. The minimum absolute atomic E-state index is 0.164. The zero-order chi connectivity index (χ0) is 10.1. The van der Waals surface area contributed by atoms with Gasteiger partial charge in [-0.25, -0.2) is 10.8 Å². The summed E-state index contributed by atoms with van der Waals surface area (Å²) in [5, 5.41) is 0. The predicted octanol–water partition coefficient (Wildman–Crippen LogP) is 0.284. The molecule has 0 aliphatic rings. The smallest absolute Gasteiger partial charge is 0.295 e. The highest BCUT2D eigenvalue weighted by Crippen LogP contribution is 2.10. The van der Waals surface area contributed by atoms with Crippen molar-refractivity contribution in [3.63, 3.8) is 0 Å². The zero-order valence-corrected chi connectivity index (χ0v) is 8.03. The van der Waals surface area contributed by atoms with Crippen LogP contribution in [0.1, 0.15) is 20.8 Å². The van der Waals surface area contributed by atoms with Gasteiger partial charge < -0.3 is 9.99 Å². The first-order valence-corrected chi connectivity index (χ1v) is 4.01. The monoisotopic (exact) mass is 182 g/mol. The van der Waals surface area contributed by atoms with Crippen molar-refractivity contribution in [2.24, 2.45) is 5.84 Å². The number of nitrogens with one attached hydrogen (secondary N) is 1. The van der Waals surface area contributed by atoms with E-state index in [4.69, 9.17) is 5.84 Å². The van der Waals surface area contributed by atoms with Gasteiger partial charge >= 0.3 is 0 Å². The second-order valence-electron chi connectivity index (χ2n) is 3.77. The van der Waals surface area contributed by atoms with Gasteiger partial charge in [0, 0.05) is 17.9 Å². The maximum Gasteiger partial charge on any atom is 0.295 e. The lowest BCUT2D eigenvalue weighted by molar-refractivity contribution is 0.383. The van der Waals surface area contributed by atoms with Crippen LogP contribution in [0.5, 0.6) is 0 Å². The highest BCUT2D eigenvalue weighted by molar-refractivity contribution is 5.28. The number of nitrogens with two attached hydrogens (primary N) is 1. The molecule has 0 atom stereocenters. The first kappa shape index (κ1) is 9.73. The molecule has 0 unspecified atom stereocenters. The molecule has 0 aliphatic heterocycles. The van der Waals surface area contributed by atoms with E-state index in [1.165, 1.54) is 0 Å². The molecule has 0 saturated heterocycles. The number of hydrogen-bond donors (Lipinski definition) is 2. The van der Waals surface area contributed by atoms with Gasteiger partial charge in [0.05, 0.1) is 0 Å². The predicted molar refractivity (Wildman–Crippen MR) is 51.3 cm³/mol. The lowest BCUT2D eigenvalue weighted by Gasteiger charge is -2.22. The Morgan fingerprint density at radius 3 is 2.62 bits per heavy atom. The molecule has 3 N–H and O–H groups in total. The molecule has 0 fully saturated rings. The van der Waals surface area contributed by atoms with Crippen LogP contribution in [0.25, 0.3) is 0 Å². The molecule has 5 nitrogen and oxygen atoms in total. The number of nitrogens with zero attached hydrogens (tertiary/aromatic N) is 2. The molecular weight excluding hydrogens is 168 g/mol. The van der Waals surface area contributed by atoms with Crippen LogP contribution >= 0.6 is 0 Å². The quantitative estimate of drug-likeness (QED) is 0.483. The third kappa shape index (κ3) is 1.86. The highest BCUT2D eigenvalue weighted by atomic mass is 16.1. The molecule has 5 heteroatoms. The first-order valence-electron chi connectivity index (χ1n) is 4.01. The molecule has 0 aromatic carbocycles. The fraction of sp³-hybridized carbons (Fsp3) is 0.500. The molecule has 13 heavy (non-hydrogen) atoms. The van der Waals surface area contributed by atoms with Crippen LogP contribution in [-0.4, -0.2) is 9.55 Å². The van der Waals surface area contributed by atoms with Gasteiger partial charge in [0.1, 0.15) is 0 Å². The lowest BCUT2D eigenvalue weighted by atomic mass is 10.1. The Bertz CT molecular complexity index is 350. The Kier molecular flexibility index (Phi) is 2.38. The van der Waals surface area contributed by atoms with Crippen LogP contribution in [0.2, 0.25) is 0 Å². The van der Waals surface area contributed by atoms with Gasteiger partial charge in [-0.2, -0.15) is 0 Å². The minimum Gasteiger partial charge on any atom is -0.306 e. The summed E-state index contributed by atoms with van der Waals surface area (Å²) in [6.07, 6.45) is 3.19. The summed E-state index contributed by atoms with van der Waals surface area (Å²) in [7, 11) is 0. The van der Waals surface area contributed by atoms with E-state index in [0.717, 1.165) is 0 Å². The van der Waals surface area contributed by atoms with Gasteiger partial charge in [0.15, 0.2) is 0 Å². The van der Waals surface area contributed by atoms with E-state index in [1.54, 1.807) is 17.0 Å². The Morgan fingerprint density at radius 1 is 1.54 bits per heavy atom. The fourth-order valence-corrected chi connectivity index (χ4v) is 1.04. The lowest BCUT2D eigenvalue weighted by Crippen LogP contribution is -2.35. The van der Waals surface area contributed by atoms with Crippen LogP contribution in [0.4, 0.5) is 5.82 Å². The zero-order valence-electron chi connectivity index (χ0n) is 8.03. The number of hydrogen-bond acceptors (Lipinski definition) is 4. The second kappa shape index (κ2) is 3.18. The normalized spacial score (nSPS) is 11.4. The van der Waals surface area contributed by atoms with Crippen LogP contribution in [0.15, 0.2) is 17.2 Å². The summed E-state index contributed by atoms with van der Waals surface area (Å²) in [6.45, 7) is 5.82. The third-order valence-electron chi connectivity index (χ3n) is 1.70. The van der Waals surface area contributed by atoms with Crippen LogP contribution in [0, 0.1) is 0 Å². The third-order valence-corrected chi connectivity index (χ3v) is 1.70. The van der Waals surface area contributed by atoms with Crippen molar-refractivity contribution in [1.29, 1.82) is 0 Å². The summed E-state index contributed by atoms with van der Waals surface area (Å²) in [5.41, 5.74) is 1.79. The standard InChI is InChI=1S/C8H14N4O/c1-8(2,3)12-5-4-10-6(11-9)7(12)13/h4-5H,9H2,1-3H3,(H,10,11). The Morgan fingerprint density at radius 2 is 2.15 bits per heavy atom. The van der Waals surface area contributed by atoms with Gasteiger partial charge in [-0.05, 0) is 20.8 Å². The number of rotatable bonds is 1. The van der Waals surface area contributed by atoms with E-state index in [9.17, 15) is 4.79 Å². The van der Waals surface area contributed by atoms with Crippen molar-refractivity contribution < 1.29 is 0 Å². The Balaban J connectivity index is 3.33. The molecule has 0 aliphatic carbocycles. The van der Waals surface area contributed by atoms with Crippen LogP contribution in [0.3, 0.4) is 0 Å². The number of hydrazine groups is 1. The topological polar surface area (TPSA) is 72.9 Å². The van der Waals surface area contributed by atoms with E-state index in [2.05, 4.69) is 10.4 Å². The van der Waals surface area contributed by atoms with Crippen molar-refractivity contribution in [2.75, 3.05) is 5.43 Å². The molecule has 72 valence electrons. The SMILES string of the molecule is CC(C)(C)n1ccnc(NN)c1=O. The largest absolute Gasteiger partial charge is 0.306 e. The number of aromatic nitrogens is 2. The van der Waals surface area contributed by atoms with Crippen molar-refractivity contribution in [2.45, 2.75) is 26.3 Å². The van der Waals surface area contributed by atoms with Crippen molar-refractivity contribution in [1.82, 2.24) is 9.55 Å². The molecule has 0 radical (unpaired) electrons. The van der Waals surface area contributed by atoms with E-state index in [-0.39, 0.29) is 16.9 Å². The van der Waals surface area contributed by atoms with Crippen molar-refractivity contribution in [3.05, 3.63) is 22.7 Å². The average Bonchev–Trinajstić information content (AvgIpc) is 2.02. The molecule has 1 aromatic rings. The molecule has 0 saturated carbocycles. The summed E-state index contributed by atoms with van der Waals surface area (Å²) in [4.78, 5) is 15.4. The van der Waals surface area contributed by atoms with Gasteiger partial charge in [-0.15, -0.1) is 0 Å². The summed E-state index contributed by atoms with van der Waals surface area (Å²) in [6, 6.07) is 0. The summed E-state index contributed by atoms with van der Waals surface area (Å²) in [5.74, 6) is 5.30. The van der Waals surface area contributed by atoms with Gasteiger partial charge in [0.25, 0.3) is 5.56 Å². The van der Waals surface area contributed by atoms with Crippen molar-refractivity contribution >= 4 is 5.82 Å². The van der Waals surface area contributed by atoms with Gasteiger partial charge in [-0.1, -0.05) is 0 Å². The molecular formula is C8H14N4O. The van der Waals surface area contributed by atoms with Gasteiger partial charge in [0.2, 0.25) is 5.82 Å². The Hall–Kier alpha value is -1.36. The number of anilines is 1. The van der Waals surface area contributed by atoms with E-state index in [1.807, 2.05) is 20.8 Å². The minimum atomic E-state index is -0.258. The maximum absolute atomic E-state index is 11.6. The molecule has 1 heterocycles. The van der Waals surface area contributed by atoms with Crippen molar-refractivity contribution in [3.8, 4) is 0 Å². The van der Waals surface area contributed by atoms with E-state index < -0.39 is 0 Å². The average molecular weight is 182 g/mol. The maximum atomic E-state index is 11.6. The fourth-order valence-electron chi connectivity index (χ4n) is 1.04. The summed E-state index contributed by atoms with van der Waals surface area (Å²) >= 11 is 0. The Labute approximate surface area is 76.6 Å². The molecule has 0 amide bonds. The van der Waals surface area contributed by atoms with Crippen LogP contribution in [-0.2, 0) is 5.54 Å². The van der Waals surface area contributed by atoms with Gasteiger partial charge in [-0.3, -0.25) is 4.79 Å².